The van der Waals surface area contributed by atoms with Gasteiger partial charge in [-0.3, -0.25) is 0 Å². The maximum absolute atomic E-state index is 5.52. The molecule has 0 amide bonds. The summed E-state index contributed by atoms with van der Waals surface area (Å²) in [7, 11) is 0. The average Bonchev–Trinajstić information content (AvgIpc) is 2.82. The second-order valence-corrected chi connectivity index (χ2v) is 3.61. The number of furan rings is 1. The minimum Gasteiger partial charge on any atom is -0.466 e. The summed E-state index contributed by atoms with van der Waals surface area (Å²) >= 11 is 0. The van der Waals surface area contributed by atoms with Crippen molar-refractivity contribution in [1.29, 1.82) is 0 Å². The number of aromatic nitrogens is 2. The Morgan fingerprint density at radius 3 is 2.69 bits per heavy atom. The molecule has 2 rings (SSSR count). The van der Waals surface area contributed by atoms with Gasteiger partial charge in [0.15, 0.2) is 0 Å². The third kappa shape index (κ3) is 2.14. The third-order valence-electron chi connectivity index (χ3n) is 2.26. The minimum atomic E-state index is 0.516. The lowest BCUT2D eigenvalue weighted by atomic mass is 10.2. The van der Waals surface area contributed by atoms with Gasteiger partial charge in [0.05, 0.1) is 12.1 Å². The monoisotopic (exact) mass is 221 g/mol. The molecule has 1 N–H and O–H groups in total. The first-order chi connectivity index (χ1) is 7.70. The Kier molecular flexibility index (Phi) is 3.05. The fourth-order valence-electron chi connectivity index (χ4n) is 1.51. The summed E-state index contributed by atoms with van der Waals surface area (Å²) in [4.78, 5) is 0. The highest BCUT2D eigenvalue weighted by Gasteiger charge is 2.13. The van der Waals surface area contributed by atoms with E-state index in [0.29, 0.717) is 18.3 Å². The molecule has 0 spiro atoms. The number of nitrogens with one attached hydrogen (secondary N) is 1. The molecule has 16 heavy (non-hydrogen) atoms. The van der Waals surface area contributed by atoms with Gasteiger partial charge in [0, 0.05) is 0 Å². The van der Waals surface area contributed by atoms with Gasteiger partial charge in [-0.05, 0) is 26.5 Å². The molecule has 0 aliphatic rings. The zero-order valence-corrected chi connectivity index (χ0v) is 9.70. The molecule has 0 saturated carbocycles. The molecule has 2 heterocycles. The van der Waals surface area contributed by atoms with E-state index in [1.165, 1.54) is 0 Å². The van der Waals surface area contributed by atoms with Crippen molar-refractivity contribution in [2.75, 3.05) is 6.54 Å². The Hall–Kier alpha value is -1.62. The molecule has 0 radical (unpaired) electrons. The Labute approximate surface area is 93.9 Å². The molecule has 0 fully saturated rings. The molecule has 0 saturated heterocycles. The number of rotatable bonds is 4. The van der Waals surface area contributed by atoms with Gasteiger partial charge in [0.1, 0.15) is 11.5 Å². The van der Waals surface area contributed by atoms with Crippen molar-refractivity contribution >= 4 is 0 Å². The Morgan fingerprint density at radius 2 is 2.06 bits per heavy atom. The maximum Gasteiger partial charge on any atom is 0.251 e. The van der Waals surface area contributed by atoms with Crippen LogP contribution in [0.1, 0.15) is 24.3 Å². The van der Waals surface area contributed by atoms with Crippen LogP contribution in [0.2, 0.25) is 0 Å². The first-order valence-corrected chi connectivity index (χ1v) is 5.31. The van der Waals surface area contributed by atoms with Crippen LogP contribution in [0.4, 0.5) is 0 Å². The van der Waals surface area contributed by atoms with Gasteiger partial charge in [0.2, 0.25) is 5.89 Å². The van der Waals surface area contributed by atoms with E-state index in [9.17, 15) is 0 Å². The van der Waals surface area contributed by atoms with Crippen molar-refractivity contribution < 1.29 is 8.83 Å². The Bertz CT molecular complexity index is 473. The third-order valence-corrected chi connectivity index (χ3v) is 2.26. The predicted octanol–water partition coefficient (Wildman–Crippen LogP) is 2.06. The van der Waals surface area contributed by atoms with Crippen molar-refractivity contribution in [3.8, 4) is 11.5 Å². The lowest BCUT2D eigenvalue weighted by Gasteiger charge is -1.93. The second kappa shape index (κ2) is 4.49. The summed E-state index contributed by atoms with van der Waals surface area (Å²) in [6, 6.07) is 1.90. The normalized spacial score (nSPS) is 10.9. The number of hydrogen-bond donors (Lipinski definition) is 1. The molecule has 5 heteroatoms. The Balaban J connectivity index is 2.21. The van der Waals surface area contributed by atoms with Crippen LogP contribution in [0, 0.1) is 13.8 Å². The zero-order chi connectivity index (χ0) is 11.5. The van der Waals surface area contributed by atoms with Gasteiger partial charge in [0.25, 0.3) is 5.89 Å². The lowest BCUT2D eigenvalue weighted by molar-refractivity contribution is 0.477. The average molecular weight is 221 g/mol. The molecule has 86 valence electrons. The standard InChI is InChI=1S/C11H15N3O2/c1-4-12-6-10-13-14-11(16-10)9-5-7(2)15-8(9)3/h5,12H,4,6H2,1-3H3. The van der Waals surface area contributed by atoms with Crippen LogP contribution in [0.3, 0.4) is 0 Å². The van der Waals surface area contributed by atoms with Gasteiger partial charge in [-0.2, -0.15) is 0 Å². The SMILES string of the molecule is CCNCc1nnc(-c2cc(C)oc2C)o1. The fraction of sp³-hybridized carbons (Fsp3) is 0.455. The molecule has 2 aromatic rings. The van der Waals surface area contributed by atoms with Crippen LogP contribution in [-0.2, 0) is 6.54 Å². The summed E-state index contributed by atoms with van der Waals surface area (Å²) in [6.45, 7) is 7.28. The molecule has 0 aromatic carbocycles. The van der Waals surface area contributed by atoms with E-state index < -0.39 is 0 Å². The van der Waals surface area contributed by atoms with Crippen molar-refractivity contribution in [2.24, 2.45) is 0 Å². The summed E-state index contributed by atoms with van der Waals surface area (Å²) in [5.41, 5.74) is 0.868. The predicted molar refractivity (Wildman–Crippen MR) is 58.9 cm³/mol. The van der Waals surface area contributed by atoms with E-state index in [2.05, 4.69) is 15.5 Å². The van der Waals surface area contributed by atoms with Crippen LogP contribution in [0.5, 0.6) is 0 Å². The summed E-state index contributed by atoms with van der Waals surface area (Å²) in [5, 5.41) is 11.1. The second-order valence-electron chi connectivity index (χ2n) is 3.61. The first-order valence-electron chi connectivity index (χ1n) is 5.31. The number of hydrogen-bond acceptors (Lipinski definition) is 5. The topological polar surface area (TPSA) is 64.1 Å². The van der Waals surface area contributed by atoms with Crippen LogP contribution >= 0.6 is 0 Å². The highest BCUT2D eigenvalue weighted by atomic mass is 16.4. The largest absolute Gasteiger partial charge is 0.466 e. The molecule has 0 aliphatic carbocycles. The summed E-state index contributed by atoms with van der Waals surface area (Å²) in [5.74, 6) is 2.76. The molecule has 2 aromatic heterocycles. The summed E-state index contributed by atoms with van der Waals surface area (Å²) in [6.07, 6.45) is 0. The highest BCUT2D eigenvalue weighted by molar-refractivity contribution is 5.55. The molecule has 5 nitrogen and oxygen atoms in total. The van der Waals surface area contributed by atoms with E-state index in [0.717, 1.165) is 23.6 Å². The molecule has 0 atom stereocenters. The van der Waals surface area contributed by atoms with Crippen LogP contribution in [0.15, 0.2) is 14.9 Å². The molecular weight excluding hydrogens is 206 g/mol. The molecule has 0 aliphatic heterocycles. The van der Waals surface area contributed by atoms with E-state index in [1.54, 1.807) is 0 Å². The number of aryl methyl sites for hydroxylation is 2. The van der Waals surface area contributed by atoms with Crippen molar-refractivity contribution in [3.63, 3.8) is 0 Å². The quantitative estimate of drug-likeness (QED) is 0.856. The number of nitrogens with zero attached hydrogens (tertiary/aromatic N) is 2. The highest BCUT2D eigenvalue weighted by Crippen LogP contribution is 2.25. The summed E-state index contributed by atoms with van der Waals surface area (Å²) < 4.78 is 10.9. The zero-order valence-electron chi connectivity index (χ0n) is 9.70. The minimum absolute atomic E-state index is 0.516. The van der Waals surface area contributed by atoms with Gasteiger partial charge in [-0.1, -0.05) is 6.92 Å². The van der Waals surface area contributed by atoms with Gasteiger partial charge < -0.3 is 14.2 Å². The lowest BCUT2D eigenvalue weighted by Crippen LogP contribution is -2.11. The maximum atomic E-state index is 5.52. The van der Waals surface area contributed by atoms with E-state index >= 15 is 0 Å². The van der Waals surface area contributed by atoms with E-state index in [-0.39, 0.29) is 0 Å². The molecule has 0 bridgehead atoms. The van der Waals surface area contributed by atoms with Crippen molar-refractivity contribution in [3.05, 3.63) is 23.5 Å². The van der Waals surface area contributed by atoms with Crippen molar-refractivity contribution in [1.82, 2.24) is 15.5 Å². The van der Waals surface area contributed by atoms with Crippen molar-refractivity contribution in [2.45, 2.75) is 27.3 Å². The molecule has 0 unspecified atom stereocenters. The molecular formula is C11H15N3O2. The van der Waals surface area contributed by atoms with Crippen LogP contribution in [0.25, 0.3) is 11.5 Å². The fourth-order valence-corrected chi connectivity index (χ4v) is 1.51. The smallest absolute Gasteiger partial charge is 0.251 e. The van der Waals surface area contributed by atoms with E-state index in [1.807, 2.05) is 26.8 Å². The van der Waals surface area contributed by atoms with Gasteiger partial charge >= 0.3 is 0 Å². The Morgan fingerprint density at radius 1 is 1.25 bits per heavy atom. The van der Waals surface area contributed by atoms with Crippen LogP contribution < -0.4 is 5.32 Å². The van der Waals surface area contributed by atoms with E-state index in [4.69, 9.17) is 8.83 Å². The first kappa shape index (κ1) is 10.9. The van der Waals surface area contributed by atoms with Gasteiger partial charge in [-0.25, -0.2) is 0 Å². The van der Waals surface area contributed by atoms with Crippen LogP contribution in [-0.4, -0.2) is 16.7 Å². The van der Waals surface area contributed by atoms with Gasteiger partial charge in [-0.15, -0.1) is 10.2 Å².